The Labute approximate surface area is 73.2 Å². The summed E-state index contributed by atoms with van der Waals surface area (Å²) in [6, 6.07) is 1.67. The molecule has 0 radical (unpaired) electrons. The molecule has 4 nitrogen and oxygen atoms in total. The zero-order valence-electron chi connectivity index (χ0n) is 6.57. The first kappa shape index (κ1) is 7.72. The van der Waals surface area contributed by atoms with Gasteiger partial charge in [-0.05, 0) is 6.07 Å². The van der Waals surface area contributed by atoms with Crippen LogP contribution >= 0.6 is 0 Å². The molecule has 0 saturated carbocycles. The minimum atomic E-state index is -0.618. The molecular weight excluding hydrogens is 173 g/mol. The number of furan rings is 1. The fourth-order valence-corrected chi connectivity index (χ4v) is 0.911. The van der Waals surface area contributed by atoms with E-state index in [0.717, 1.165) is 6.20 Å². The van der Waals surface area contributed by atoms with Crippen LogP contribution < -0.4 is 5.73 Å². The third-order valence-corrected chi connectivity index (χ3v) is 1.55. The molecule has 13 heavy (non-hydrogen) atoms. The van der Waals surface area contributed by atoms with Crippen molar-refractivity contribution in [3.8, 4) is 11.4 Å². The van der Waals surface area contributed by atoms with Gasteiger partial charge in [-0.1, -0.05) is 0 Å². The molecule has 0 aromatic carbocycles. The Morgan fingerprint density at radius 1 is 1.46 bits per heavy atom. The maximum absolute atomic E-state index is 12.7. The van der Waals surface area contributed by atoms with Crippen LogP contribution in [0.25, 0.3) is 11.4 Å². The van der Waals surface area contributed by atoms with Gasteiger partial charge in [-0.3, -0.25) is 0 Å². The van der Waals surface area contributed by atoms with Gasteiger partial charge in [0.15, 0.2) is 17.5 Å². The van der Waals surface area contributed by atoms with E-state index < -0.39 is 5.82 Å². The van der Waals surface area contributed by atoms with Crippen molar-refractivity contribution in [2.45, 2.75) is 0 Å². The van der Waals surface area contributed by atoms with Crippen molar-refractivity contribution < 1.29 is 8.81 Å². The van der Waals surface area contributed by atoms with E-state index in [1.165, 1.54) is 12.5 Å². The molecule has 66 valence electrons. The molecule has 2 rings (SSSR count). The first-order valence-corrected chi connectivity index (χ1v) is 3.58. The second-order valence-electron chi connectivity index (χ2n) is 2.44. The van der Waals surface area contributed by atoms with E-state index in [1.54, 1.807) is 6.07 Å². The largest absolute Gasteiger partial charge is 0.472 e. The number of hydrogen-bond acceptors (Lipinski definition) is 4. The van der Waals surface area contributed by atoms with Crippen molar-refractivity contribution in [1.29, 1.82) is 0 Å². The second-order valence-corrected chi connectivity index (χ2v) is 2.44. The Morgan fingerprint density at radius 3 is 2.92 bits per heavy atom. The average Bonchev–Trinajstić information content (AvgIpc) is 2.62. The van der Waals surface area contributed by atoms with Crippen molar-refractivity contribution >= 4 is 5.82 Å². The number of nitrogen functional groups attached to an aromatic ring is 1. The van der Waals surface area contributed by atoms with Gasteiger partial charge in [-0.25, -0.2) is 14.4 Å². The standard InChI is InChI=1S/C8H6FN3O/c9-6-3-11-8(12-7(6)10)5-1-2-13-4-5/h1-4H,(H2,10,11,12). The van der Waals surface area contributed by atoms with Crippen molar-refractivity contribution in [2.75, 3.05) is 5.73 Å². The van der Waals surface area contributed by atoms with Crippen LogP contribution in [0.4, 0.5) is 10.2 Å². The van der Waals surface area contributed by atoms with E-state index in [4.69, 9.17) is 10.2 Å². The summed E-state index contributed by atoms with van der Waals surface area (Å²) in [7, 11) is 0. The van der Waals surface area contributed by atoms with Crippen molar-refractivity contribution in [1.82, 2.24) is 9.97 Å². The SMILES string of the molecule is Nc1nc(-c2ccoc2)ncc1F. The lowest BCUT2D eigenvalue weighted by atomic mass is 10.3. The van der Waals surface area contributed by atoms with Gasteiger partial charge in [0.1, 0.15) is 6.26 Å². The maximum Gasteiger partial charge on any atom is 0.183 e. The summed E-state index contributed by atoms with van der Waals surface area (Å²) in [6.07, 6.45) is 3.98. The molecule has 0 unspecified atom stereocenters. The van der Waals surface area contributed by atoms with Crippen LogP contribution in [0.3, 0.4) is 0 Å². The summed E-state index contributed by atoms with van der Waals surface area (Å²) in [5.74, 6) is -0.425. The Bertz CT molecular complexity index is 413. The molecule has 0 fully saturated rings. The summed E-state index contributed by atoms with van der Waals surface area (Å²) in [5, 5.41) is 0. The lowest BCUT2D eigenvalue weighted by Crippen LogP contribution is -1.98. The molecule has 0 aliphatic rings. The average molecular weight is 179 g/mol. The topological polar surface area (TPSA) is 64.9 Å². The quantitative estimate of drug-likeness (QED) is 0.719. The van der Waals surface area contributed by atoms with Gasteiger partial charge in [0.05, 0.1) is 18.0 Å². The number of aromatic nitrogens is 2. The minimum Gasteiger partial charge on any atom is -0.472 e. The molecule has 2 aromatic rings. The summed E-state index contributed by atoms with van der Waals surface area (Å²) in [6.45, 7) is 0. The van der Waals surface area contributed by atoms with Crippen LogP contribution in [0.15, 0.2) is 29.2 Å². The van der Waals surface area contributed by atoms with Crippen LogP contribution in [0.5, 0.6) is 0 Å². The van der Waals surface area contributed by atoms with E-state index in [1.807, 2.05) is 0 Å². The Kier molecular flexibility index (Phi) is 1.70. The molecule has 5 heteroatoms. The number of hydrogen-bond donors (Lipinski definition) is 1. The first-order valence-electron chi connectivity index (χ1n) is 3.58. The molecule has 2 heterocycles. The van der Waals surface area contributed by atoms with Gasteiger partial charge < -0.3 is 10.2 Å². The van der Waals surface area contributed by atoms with Crippen LogP contribution in [0.1, 0.15) is 0 Å². The predicted molar refractivity (Wildman–Crippen MR) is 44.1 cm³/mol. The van der Waals surface area contributed by atoms with Crippen LogP contribution in [0, 0.1) is 5.82 Å². The van der Waals surface area contributed by atoms with Gasteiger partial charge in [0.2, 0.25) is 0 Å². The van der Waals surface area contributed by atoms with Crippen LogP contribution in [-0.2, 0) is 0 Å². The molecule has 0 bridgehead atoms. The molecule has 0 spiro atoms. The Balaban J connectivity index is 2.49. The Hall–Kier alpha value is -1.91. The van der Waals surface area contributed by atoms with E-state index in [-0.39, 0.29) is 5.82 Å². The first-order chi connectivity index (χ1) is 6.27. The van der Waals surface area contributed by atoms with Gasteiger partial charge in [-0.2, -0.15) is 0 Å². The monoisotopic (exact) mass is 179 g/mol. The fourth-order valence-electron chi connectivity index (χ4n) is 0.911. The smallest absolute Gasteiger partial charge is 0.183 e. The Morgan fingerprint density at radius 2 is 2.31 bits per heavy atom. The highest BCUT2D eigenvalue weighted by molar-refractivity contribution is 5.54. The summed E-state index contributed by atoms with van der Waals surface area (Å²) >= 11 is 0. The van der Waals surface area contributed by atoms with Crippen LogP contribution in [0.2, 0.25) is 0 Å². The summed E-state index contributed by atoms with van der Waals surface area (Å²) in [5.41, 5.74) is 5.94. The lowest BCUT2D eigenvalue weighted by Gasteiger charge is -1.97. The summed E-state index contributed by atoms with van der Waals surface area (Å²) in [4.78, 5) is 7.50. The van der Waals surface area contributed by atoms with Crippen LogP contribution in [-0.4, -0.2) is 9.97 Å². The molecule has 0 amide bonds. The molecule has 0 saturated heterocycles. The molecule has 2 aromatic heterocycles. The highest BCUT2D eigenvalue weighted by Crippen LogP contribution is 2.16. The number of nitrogens with two attached hydrogens (primary N) is 1. The van der Waals surface area contributed by atoms with Gasteiger partial charge in [0.25, 0.3) is 0 Å². The number of nitrogens with zero attached hydrogens (tertiary/aromatic N) is 2. The molecule has 0 aliphatic heterocycles. The van der Waals surface area contributed by atoms with E-state index >= 15 is 0 Å². The number of rotatable bonds is 1. The van der Waals surface area contributed by atoms with Gasteiger partial charge in [-0.15, -0.1) is 0 Å². The van der Waals surface area contributed by atoms with Crippen molar-refractivity contribution in [3.05, 3.63) is 30.6 Å². The van der Waals surface area contributed by atoms with E-state index in [2.05, 4.69) is 9.97 Å². The van der Waals surface area contributed by atoms with E-state index in [0.29, 0.717) is 11.4 Å². The van der Waals surface area contributed by atoms with Crippen molar-refractivity contribution in [2.24, 2.45) is 0 Å². The number of halogens is 1. The number of anilines is 1. The summed E-state index contributed by atoms with van der Waals surface area (Å²) < 4.78 is 17.5. The third kappa shape index (κ3) is 1.35. The second kappa shape index (κ2) is 2.85. The molecular formula is C8H6FN3O. The minimum absolute atomic E-state index is 0.161. The normalized spacial score (nSPS) is 10.2. The van der Waals surface area contributed by atoms with Gasteiger partial charge >= 0.3 is 0 Å². The molecule has 0 aliphatic carbocycles. The predicted octanol–water partition coefficient (Wildman–Crippen LogP) is 1.46. The van der Waals surface area contributed by atoms with E-state index in [9.17, 15) is 4.39 Å². The lowest BCUT2D eigenvalue weighted by molar-refractivity contribution is 0.567. The molecule has 0 atom stereocenters. The van der Waals surface area contributed by atoms with Crippen molar-refractivity contribution in [3.63, 3.8) is 0 Å². The maximum atomic E-state index is 12.7. The zero-order valence-corrected chi connectivity index (χ0v) is 6.57. The highest BCUT2D eigenvalue weighted by atomic mass is 19.1. The van der Waals surface area contributed by atoms with Gasteiger partial charge in [0, 0.05) is 0 Å². The fraction of sp³-hybridized carbons (Fsp3) is 0. The molecule has 2 N–H and O–H groups in total. The zero-order chi connectivity index (χ0) is 9.26. The highest BCUT2D eigenvalue weighted by Gasteiger charge is 2.05. The third-order valence-electron chi connectivity index (χ3n) is 1.55.